The van der Waals surface area contributed by atoms with Crippen molar-refractivity contribution >= 4 is 18.0 Å². The van der Waals surface area contributed by atoms with E-state index in [0.717, 1.165) is 19.5 Å². The summed E-state index contributed by atoms with van der Waals surface area (Å²) in [6.45, 7) is 1.89. The smallest absolute Gasteiger partial charge is 0.0205 e. The maximum Gasteiger partial charge on any atom is 0.0205 e. The zero-order valence-electron chi connectivity index (χ0n) is 14.3. The molecule has 3 aromatic carbocycles. The summed E-state index contributed by atoms with van der Waals surface area (Å²) in [5, 5.41) is 3.52. The molecule has 1 nitrogen and oxygen atoms in total. The fourth-order valence-electron chi connectivity index (χ4n) is 2.78. The molecule has 3 rings (SSSR count). The highest BCUT2D eigenvalue weighted by molar-refractivity contribution is 5.85. The van der Waals surface area contributed by atoms with Crippen LogP contribution >= 0.6 is 12.4 Å². The van der Waals surface area contributed by atoms with E-state index in [-0.39, 0.29) is 12.4 Å². The van der Waals surface area contributed by atoms with Gasteiger partial charge >= 0.3 is 0 Å². The lowest BCUT2D eigenvalue weighted by molar-refractivity contribution is 0.696. The van der Waals surface area contributed by atoms with Crippen LogP contribution in [-0.4, -0.2) is 6.54 Å². The first-order chi connectivity index (χ1) is 11.9. The van der Waals surface area contributed by atoms with Gasteiger partial charge in [-0.2, -0.15) is 0 Å². The van der Waals surface area contributed by atoms with Crippen LogP contribution < -0.4 is 5.32 Å². The molecule has 0 spiro atoms. The van der Waals surface area contributed by atoms with Gasteiger partial charge in [0.05, 0.1) is 0 Å². The topological polar surface area (TPSA) is 12.0 Å². The SMILES string of the molecule is C(CCNCc1ccccc1)=C(c1ccccc1)c1ccccc1.Cl. The van der Waals surface area contributed by atoms with E-state index >= 15 is 0 Å². The first-order valence-corrected chi connectivity index (χ1v) is 8.49. The summed E-state index contributed by atoms with van der Waals surface area (Å²) in [6, 6.07) is 31.8. The van der Waals surface area contributed by atoms with Gasteiger partial charge < -0.3 is 5.32 Å². The Kier molecular flexibility index (Phi) is 7.97. The van der Waals surface area contributed by atoms with Crippen molar-refractivity contribution in [3.8, 4) is 0 Å². The van der Waals surface area contributed by atoms with E-state index in [1.54, 1.807) is 0 Å². The first kappa shape index (κ1) is 19.0. The molecule has 0 atom stereocenters. The van der Waals surface area contributed by atoms with Crippen LogP contribution in [0.5, 0.6) is 0 Å². The van der Waals surface area contributed by atoms with Crippen molar-refractivity contribution in [2.24, 2.45) is 0 Å². The van der Waals surface area contributed by atoms with E-state index in [4.69, 9.17) is 0 Å². The Bertz CT molecular complexity index is 710. The standard InChI is InChI=1S/C23H23N.ClH/c1-4-11-20(12-5-1)19-24-18-10-17-23(21-13-6-2-7-14-21)22-15-8-3-9-16-22;/h1-9,11-17,24H,10,18-19H2;1H. The third-order valence-corrected chi connectivity index (χ3v) is 4.01. The summed E-state index contributed by atoms with van der Waals surface area (Å²) in [5.41, 5.74) is 5.17. The minimum absolute atomic E-state index is 0. The molecule has 0 radical (unpaired) electrons. The molecule has 0 aromatic heterocycles. The predicted octanol–water partition coefficient (Wildman–Crippen LogP) is 5.72. The van der Waals surface area contributed by atoms with E-state index in [0.29, 0.717) is 0 Å². The maximum absolute atomic E-state index is 3.52. The van der Waals surface area contributed by atoms with Gasteiger partial charge in [0.15, 0.2) is 0 Å². The fourth-order valence-corrected chi connectivity index (χ4v) is 2.78. The molecule has 0 fully saturated rings. The summed E-state index contributed by atoms with van der Waals surface area (Å²) >= 11 is 0. The molecule has 128 valence electrons. The van der Waals surface area contributed by atoms with Crippen molar-refractivity contribution in [2.75, 3.05) is 6.54 Å². The minimum Gasteiger partial charge on any atom is -0.312 e. The summed E-state index contributed by atoms with van der Waals surface area (Å²) < 4.78 is 0. The van der Waals surface area contributed by atoms with Gasteiger partial charge in [-0.3, -0.25) is 0 Å². The van der Waals surface area contributed by atoms with Crippen LogP contribution in [-0.2, 0) is 6.54 Å². The Labute approximate surface area is 156 Å². The van der Waals surface area contributed by atoms with Gasteiger partial charge in [-0.1, -0.05) is 97.1 Å². The largest absolute Gasteiger partial charge is 0.312 e. The van der Waals surface area contributed by atoms with Gasteiger partial charge in [0.2, 0.25) is 0 Å². The van der Waals surface area contributed by atoms with Crippen LogP contribution in [0.15, 0.2) is 97.1 Å². The van der Waals surface area contributed by atoms with Gasteiger partial charge in [0.1, 0.15) is 0 Å². The summed E-state index contributed by atoms with van der Waals surface area (Å²) in [5.74, 6) is 0. The van der Waals surface area contributed by atoms with Gasteiger partial charge in [0.25, 0.3) is 0 Å². The summed E-state index contributed by atoms with van der Waals surface area (Å²) in [4.78, 5) is 0. The molecule has 0 bridgehead atoms. The number of halogens is 1. The minimum atomic E-state index is 0. The summed E-state index contributed by atoms with van der Waals surface area (Å²) in [6.07, 6.45) is 3.34. The number of nitrogens with one attached hydrogen (secondary N) is 1. The second-order valence-electron chi connectivity index (χ2n) is 5.80. The highest BCUT2D eigenvalue weighted by Gasteiger charge is 2.03. The quantitative estimate of drug-likeness (QED) is 0.538. The molecule has 0 aliphatic carbocycles. The van der Waals surface area contributed by atoms with E-state index < -0.39 is 0 Å². The highest BCUT2D eigenvalue weighted by Crippen LogP contribution is 2.23. The third kappa shape index (κ3) is 5.90. The Balaban J connectivity index is 0.00000225. The molecular formula is C23H24ClN. The Hall–Kier alpha value is -2.35. The average Bonchev–Trinajstić information content (AvgIpc) is 2.67. The molecule has 0 aliphatic heterocycles. The lowest BCUT2D eigenvalue weighted by Gasteiger charge is -2.09. The maximum atomic E-state index is 3.52. The van der Waals surface area contributed by atoms with Crippen molar-refractivity contribution in [2.45, 2.75) is 13.0 Å². The zero-order valence-corrected chi connectivity index (χ0v) is 15.1. The molecule has 0 saturated carbocycles. The van der Waals surface area contributed by atoms with Crippen LogP contribution in [0.25, 0.3) is 5.57 Å². The first-order valence-electron chi connectivity index (χ1n) is 8.49. The van der Waals surface area contributed by atoms with E-state index in [9.17, 15) is 0 Å². The molecule has 3 aromatic rings. The van der Waals surface area contributed by atoms with Gasteiger partial charge in [-0.05, 0) is 35.2 Å². The molecule has 1 N–H and O–H groups in total. The second kappa shape index (κ2) is 10.5. The van der Waals surface area contributed by atoms with Gasteiger partial charge in [-0.25, -0.2) is 0 Å². The molecule has 0 saturated heterocycles. The molecule has 2 heteroatoms. The van der Waals surface area contributed by atoms with Crippen molar-refractivity contribution in [3.63, 3.8) is 0 Å². The van der Waals surface area contributed by atoms with E-state index in [1.807, 2.05) is 0 Å². The summed E-state index contributed by atoms with van der Waals surface area (Å²) in [7, 11) is 0. The Morgan fingerprint density at radius 3 is 1.68 bits per heavy atom. The lowest BCUT2D eigenvalue weighted by atomic mass is 9.97. The third-order valence-electron chi connectivity index (χ3n) is 4.01. The van der Waals surface area contributed by atoms with Crippen molar-refractivity contribution in [3.05, 3.63) is 114 Å². The van der Waals surface area contributed by atoms with Crippen LogP contribution in [0, 0.1) is 0 Å². The van der Waals surface area contributed by atoms with Crippen LogP contribution in [0.4, 0.5) is 0 Å². The van der Waals surface area contributed by atoms with Crippen LogP contribution in [0.3, 0.4) is 0 Å². The zero-order chi connectivity index (χ0) is 16.5. The number of hydrogen-bond acceptors (Lipinski definition) is 1. The predicted molar refractivity (Wildman–Crippen MR) is 110 cm³/mol. The number of rotatable bonds is 7. The van der Waals surface area contributed by atoms with Crippen molar-refractivity contribution in [1.29, 1.82) is 0 Å². The Morgan fingerprint density at radius 1 is 0.680 bits per heavy atom. The van der Waals surface area contributed by atoms with Crippen LogP contribution in [0.1, 0.15) is 23.1 Å². The molecular weight excluding hydrogens is 326 g/mol. The van der Waals surface area contributed by atoms with Crippen LogP contribution in [0.2, 0.25) is 0 Å². The lowest BCUT2D eigenvalue weighted by Crippen LogP contribution is -2.14. The number of hydrogen-bond donors (Lipinski definition) is 1. The number of benzene rings is 3. The van der Waals surface area contributed by atoms with Gasteiger partial charge in [0, 0.05) is 6.54 Å². The van der Waals surface area contributed by atoms with E-state index in [2.05, 4.69) is 102 Å². The van der Waals surface area contributed by atoms with E-state index in [1.165, 1.54) is 22.3 Å². The molecule has 25 heavy (non-hydrogen) atoms. The van der Waals surface area contributed by atoms with Gasteiger partial charge in [-0.15, -0.1) is 12.4 Å². The van der Waals surface area contributed by atoms with Crippen molar-refractivity contribution < 1.29 is 0 Å². The normalized spacial score (nSPS) is 9.92. The Morgan fingerprint density at radius 2 is 1.16 bits per heavy atom. The molecule has 0 aliphatic rings. The van der Waals surface area contributed by atoms with Crippen molar-refractivity contribution in [1.82, 2.24) is 5.32 Å². The molecule has 0 unspecified atom stereocenters. The average molecular weight is 350 g/mol. The molecule has 0 amide bonds. The fraction of sp³-hybridized carbons (Fsp3) is 0.130. The molecule has 0 heterocycles. The monoisotopic (exact) mass is 349 g/mol. The highest BCUT2D eigenvalue weighted by atomic mass is 35.5. The second-order valence-corrected chi connectivity index (χ2v) is 5.80.